The van der Waals surface area contributed by atoms with Crippen molar-refractivity contribution in [2.75, 3.05) is 0 Å². The molecule has 2 heteroatoms. The highest BCUT2D eigenvalue weighted by molar-refractivity contribution is 5.39. The monoisotopic (exact) mass is 207 g/mol. The molecule has 81 valence electrons. The largest absolute Gasteiger partial charge is 0.491 e. The number of ether oxygens (including phenoxy) is 1. The first kappa shape index (κ1) is 11.8. The van der Waals surface area contributed by atoms with E-state index in [1.165, 1.54) is 12.1 Å². The second-order valence-electron chi connectivity index (χ2n) is 3.69. The fraction of sp³-hybridized carbons (Fsp3) is 0.308. The van der Waals surface area contributed by atoms with Gasteiger partial charge in [0.15, 0.2) is 0 Å². The summed E-state index contributed by atoms with van der Waals surface area (Å²) in [6.45, 7) is 11.4. The van der Waals surface area contributed by atoms with E-state index in [1.54, 1.807) is 12.1 Å². The molecule has 1 unspecified atom stereocenters. The summed E-state index contributed by atoms with van der Waals surface area (Å²) in [7, 11) is 0. The maximum Gasteiger partial charge on any atom is 0.123 e. The molecular weight excluding hydrogens is 191 g/mol. The van der Waals surface area contributed by atoms with Gasteiger partial charge in [-0.1, -0.05) is 6.08 Å². The van der Waals surface area contributed by atoms with Gasteiger partial charge in [0.25, 0.3) is 0 Å². The van der Waals surface area contributed by atoms with E-state index in [4.69, 9.17) is 4.74 Å². The van der Waals surface area contributed by atoms with Crippen LogP contribution < -0.4 is 4.74 Å². The smallest absolute Gasteiger partial charge is 0.123 e. The molecular formula is C13H16FO. The fourth-order valence-electron chi connectivity index (χ4n) is 1.30. The Bertz CT molecular complexity index is 344. The average Bonchev–Trinajstić information content (AvgIpc) is 2.19. The molecule has 15 heavy (non-hydrogen) atoms. The van der Waals surface area contributed by atoms with Gasteiger partial charge in [0.2, 0.25) is 0 Å². The van der Waals surface area contributed by atoms with Crippen LogP contribution in [0.15, 0.2) is 30.9 Å². The first-order chi connectivity index (χ1) is 7.04. The quantitative estimate of drug-likeness (QED) is 0.684. The second-order valence-corrected chi connectivity index (χ2v) is 3.69. The molecule has 0 aliphatic rings. The molecule has 0 N–H and O–H groups in total. The Labute approximate surface area is 90.6 Å². The molecule has 1 aromatic carbocycles. The minimum atomic E-state index is -0.281. The van der Waals surface area contributed by atoms with E-state index < -0.39 is 0 Å². The van der Waals surface area contributed by atoms with E-state index in [2.05, 4.69) is 13.5 Å². The summed E-state index contributed by atoms with van der Waals surface area (Å²) >= 11 is 0. The van der Waals surface area contributed by atoms with Crippen molar-refractivity contribution in [1.29, 1.82) is 0 Å². The minimum absolute atomic E-state index is 0.0613. The maximum absolute atomic E-state index is 13.1. The lowest BCUT2D eigenvalue weighted by Crippen LogP contribution is -2.08. The number of allylic oxidation sites excluding steroid dienone is 1. The Morgan fingerprint density at radius 3 is 2.60 bits per heavy atom. The van der Waals surface area contributed by atoms with Crippen LogP contribution in [0.1, 0.15) is 25.3 Å². The summed E-state index contributed by atoms with van der Waals surface area (Å²) in [6.07, 6.45) is 1.73. The lowest BCUT2D eigenvalue weighted by molar-refractivity contribution is 0.239. The Balaban J connectivity index is 3.08. The lowest BCUT2D eigenvalue weighted by Gasteiger charge is -2.16. The van der Waals surface area contributed by atoms with Crippen molar-refractivity contribution < 1.29 is 9.13 Å². The van der Waals surface area contributed by atoms with Gasteiger partial charge < -0.3 is 4.74 Å². The molecule has 0 spiro atoms. The standard InChI is InChI=1S/C13H16FO/c1-5-10(4)12-8-11(14)6-7-13(12)15-9(2)3/h5-10H,1,4H2,2-3H3. The average molecular weight is 207 g/mol. The summed E-state index contributed by atoms with van der Waals surface area (Å²) in [5.74, 6) is 0.234. The van der Waals surface area contributed by atoms with Crippen molar-refractivity contribution in [1.82, 2.24) is 0 Å². The van der Waals surface area contributed by atoms with Crippen molar-refractivity contribution in [2.45, 2.75) is 25.9 Å². The molecule has 0 aliphatic carbocycles. The molecule has 1 aromatic rings. The topological polar surface area (TPSA) is 9.23 Å². The van der Waals surface area contributed by atoms with Crippen LogP contribution in [0.4, 0.5) is 4.39 Å². The number of hydrogen-bond donors (Lipinski definition) is 0. The van der Waals surface area contributed by atoms with Gasteiger partial charge in [-0.05, 0) is 39.0 Å². The molecule has 1 radical (unpaired) electrons. The van der Waals surface area contributed by atoms with E-state index in [0.717, 1.165) is 5.56 Å². The van der Waals surface area contributed by atoms with Crippen LogP contribution in [0.2, 0.25) is 0 Å². The van der Waals surface area contributed by atoms with Gasteiger partial charge in [-0.2, -0.15) is 0 Å². The normalized spacial score (nSPS) is 12.6. The molecule has 0 saturated carbocycles. The van der Waals surface area contributed by atoms with Crippen LogP contribution >= 0.6 is 0 Å². The predicted molar refractivity (Wildman–Crippen MR) is 60.5 cm³/mol. The molecule has 1 rings (SSSR count). The zero-order valence-electron chi connectivity index (χ0n) is 9.16. The third-order valence-electron chi connectivity index (χ3n) is 2.02. The molecule has 1 nitrogen and oxygen atoms in total. The van der Waals surface area contributed by atoms with Gasteiger partial charge in [0.05, 0.1) is 6.10 Å². The van der Waals surface area contributed by atoms with Crippen LogP contribution in [-0.2, 0) is 0 Å². The maximum atomic E-state index is 13.1. The molecule has 0 fully saturated rings. The third kappa shape index (κ3) is 3.08. The molecule has 0 bridgehead atoms. The Morgan fingerprint density at radius 1 is 1.40 bits per heavy atom. The Hall–Kier alpha value is -1.31. The van der Waals surface area contributed by atoms with E-state index in [0.29, 0.717) is 5.75 Å². The Kier molecular flexibility index (Phi) is 3.89. The van der Waals surface area contributed by atoms with E-state index in [-0.39, 0.29) is 17.8 Å². The third-order valence-corrected chi connectivity index (χ3v) is 2.02. The molecule has 0 heterocycles. The SMILES string of the molecule is [CH2]C(C=C)c1cc(F)ccc1OC(C)C. The van der Waals surface area contributed by atoms with Gasteiger partial charge in [-0.25, -0.2) is 4.39 Å². The lowest BCUT2D eigenvalue weighted by atomic mass is 10.00. The highest BCUT2D eigenvalue weighted by atomic mass is 19.1. The van der Waals surface area contributed by atoms with Crippen LogP contribution in [-0.4, -0.2) is 6.10 Å². The summed E-state index contributed by atoms with van der Waals surface area (Å²) in [4.78, 5) is 0. The van der Waals surface area contributed by atoms with Crippen LogP contribution in [0.25, 0.3) is 0 Å². The van der Waals surface area contributed by atoms with Gasteiger partial charge in [-0.15, -0.1) is 6.58 Å². The van der Waals surface area contributed by atoms with Gasteiger partial charge in [0, 0.05) is 11.5 Å². The van der Waals surface area contributed by atoms with E-state index in [1.807, 2.05) is 13.8 Å². The summed E-state index contributed by atoms with van der Waals surface area (Å²) in [5, 5.41) is 0. The van der Waals surface area contributed by atoms with Gasteiger partial charge in [0.1, 0.15) is 11.6 Å². The second kappa shape index (κ2) is 4.96. The summed E-state index contributed by atoms with van der Waals surface area (Å²) in [5.41, 5.74) is 0.735. The van der Waals surface area contributed by atoms with Crippen molar-refractivity contribution in [3.8, 4) is 5.75 Å². The number of rotatable bonds is 4. The van der Waals surface area contributed by atoms with Crippen molar-refractivity contribution in [2.24, 2.45) is 0 Å². The summed E-state index contributed by atoms with van der Waals surface area (Å²) in [6, 6.07) is 4.46. The van der Waals surface area contributed by atoms with Crippen molar-refractivity contribution in [3.63, 3.8) is 0 Å². The molecule has 0 aliphatic heterocycles. The highest BCUT2D eigenvalue weighted by Crippen LogP contribution is 2.28. The van der Waals surface area contributed by atoms with Crippen molar-refractivity contribution in [3.05, 3.63) is 49.2 Å². The predicted octanol–water partition coefficient (Wildman–Crippen LogP) is 3.72. The molecule has 1 atom stereocenters. The van der Waals surface area contributed by atoms with Crippen LogP contribution in [0, 0.1) is 12.7 Å². The van der Waals surface area contributed by atoms with Crippen LogP contribution in [0.3, 0.4) is 0 Å². The highest BCUT2D eigenvalue weighted by Gasteiger charge is 2.11. The zero-order chi connectivity index (χ0) is 11.4. The molecule has 0 aromatic heterocycles. The summed E-state index contributed by atoms with van der Waals surface area (Å²) < 4.78 is 18.6. The zero-order valence-corrected chi connectivity index (χ0v) is 9.16. The number of halogens is 1. The fourth-order valence-corrected chi connectivity index (χ4v) is 1.30. The van der Waals surface area contributed by atoms with E-state index >= 15 is 0 Å². The molecule has 0 saturated heterocycles. The van der Waals surface area contributed by atoms with E-state index in [9.17, 15) is 4.39 Å². The first-order valence-corrected chi connectivity index (χ1v) is 4.96. The van der Waals surface area contributed by atoms with Gasteiger partial charge in [-0.3, -0.25) is 0 Å². The van der Waals surface area contributed by atoms with Crippen molar-refractivity contribution >= 4 is 0 Å². The minimum Gasteiger partial charge on any atom is -0.491 e. The Morgan fingerprint density at radius 2 is 2.07 bits per heavy atom. The number of benzene rings is 1. The number of hydrogen-bond acceptors (Lipinski definition) is 1. The van der Waals surface area contributed by atoms with Crippen LogP contribution in [0.5, 0.6) is 5.75 Å². The molecule has 0 amide bonds. The van der Waals surface area contributed by atoms with Gasteiger partial charge >= 0.3 is 0 Å². The first-order valence-electron chi connectivity index (χ1n) is 4.96.